The molecule has 0 radical (unpaired) electrons. The summed E-state index contributed by atoms with van der Waals surface area (Å²) in [5, 5.41) is 13.8. The number of pyridine rings is 1. The van der Waals surface area contributed by atoms with Crippen LogP contribution in [0.2, 0.25) is 0 Å². The van der Waals surface area contributed by atoms with Crippen LogP contribution < -0.4 is 5.56 Å². The summed E-state index contributed by atoms with van der Waals surface area (Å²) in [6.45, 7) is 2.11. The predicted molar refractivity (Wildman–Crippen MR) is 113 cm³/mol. The van der Waals surface area contributed by atoms with Crippen LogP contribution in [0.15, 0.2) is 51.0 Å². The maximum Gasteiger partial charge on any atom is 0.266 e. The van der Waals surface area contributed by atoms with E-state index in [1.807, 2.05) is 17.5 Å². The second-order valence-corrected chi connectivity index (χ2v) is 8.14. The summed E-state index contributed by atoms with van der Waals surface area (Å²) >= 11 is 5.00. The van der Waals surface area contributed by atoms with Crippen LogP contribution >= 0.6 is 27.3 Å². The molecule has 0 aliphatic heterocycles. The summed E-state index contributed by atoms with van der Waals surface area (Å²) in [4.78, 5) is 15.4. The van der Waals surface area contributed by atoms with Gasteiger partial charge in [0.2, 0.25) is 0 Å². The minimum atomic E-state index is -0.0795. The van der Waals surface area contributed by atoms with E-state index in [0.29, 0.717) is 4.70 Å². The molecule has 0 fully saturated rings. The Morgan fingerprint density at radius 3 is 2.65 bits per heavy atom. The molecule has 0 atom stereocenters. The lowest BCUT2D eigenvalue weighted by Crippen LogP contribution is -2.06. The molecule has 0 unspecified atom stereocenters. The zero-order chi connectivity index (χ0) is 18.3. The Labute approximate surface area is 163 Å². The Morgan fingerprint density at radius 2 is 1.96 bits per heavy atom. The quantitative estimate of drug-likeness (QED) is 0.444. The van der Waals surface area contributed by atoms with E-state index in [4.69, 9.17) is 0 Å². The molecule has 0 saturated heterocycles. The number of aryl methyl sites for hydroxylation is 1. The van der Waals surface area contributed by atoms with Gasteiger partial charge in [0.15, 0.2) is 0 Å². The van der Waals surface area contributed by atoms with Crippen molar-refractivity contribution in [3.05, 3.63) is 67.7 Å². The number of H-pyrrole nitrogens is 1. The SMILES string of the molecule is CCCc1ccc(-c2c(CO)cc(Br)c3[nH]c(=O)c4sccc4c23)cc1. The van der Waals surface area contributed by atoms with Crippen LogP contribution in [0.3, 0.4) is 0 Å². The first-order valence-corrected chi connectivity index (χ1v) is 10.3. The number of hydrogen-bond donors (Lipinski definition) is 2. The summed E-state index contributed by atoms with van der Waals surface area (Å²) in [7, 11) is 0. The minimum absolute atomic E-state index is 0.0641. The van der Waals surface area contributed by atoms with Gasteiger partial charge in [0.05, 0.1) is 12.1 Å². The van der Waals surface area contributed by atoms with Crippen LogP contribution in [0.5, 0.6) is 0 Å². The van der Waals surface area contributed by atoms with E-state index >= 15 is 0 Å². The van der Waals surface area contributed by atoms with Crippen molar-refractivity contribution in [2.24, 2.45) is 0 Å². The molecular weight excluding hydrogens is 410 g/mol. The highest BCUT2D eigenvalue weighted by Gasteiger charge is 2.17. The number of halogens is 1. The lowest BCUT2D eigenvalue weighted by atomic mass is 9.93. The van der Waals surface area contributed by atoms with Crippen molar-refractivity contribution in [1.82, 2.24) is 4.98 Å². The van der Waals surface area contributed by atoms with Crippen molar-refractivity contribution in [3.63, 3.8) is 0 Å². The zero-order valence-corrected chi connectivity index (χ0v) is 16.7. The summed E-state index contributed by atoms with van der Waals surface area (Å²) in [5.41, 5.74) is 4.86. The Bertz CT molecular complexity index is 1160. The number of aliphatic hydroxyl groups excluding tert-OH is 1. The highest BCUT2D eigenvalue weighted by atomic mass is 79.9. The molecule has 0 bridgehead atoms. The van der Waals surface area contributed by atoms with Gasteiger partial charge in [-0.25, -0.2) is 0 Å². The van der Waals surface area contributed by atoms with Crippen molar-refractivity contribution in [2.45, 2.75) is 26.4 Å². The van der Waals surface area contributed by atoms with Crippen LogP contribution in [0, 0.1) is 0 Å². The van der Waals surface area contributed by atoms with Gasteiger partial charge in [0, 0.05) is 15.2 Å². The van der Waals surface area contributed by atoms with E-state index < -0.39 is 0 Å². The van der Waals surface area contributed by atoms with Crippen LogP contribution in [-0.2, 0) is 13.0 Å². The second-order valence-electron chi connectivity index (χ2n) is 6.37. The summed E-state index contributed by atoms with van der Waals surface area (Å²) in [5.74, 6) is 0. The monoisotopic (exact) mass is 427 g/mol. The average molecular weight is 428 g/mol. The van der Waals surface area contributed by atoms with Gasteiger partial charge in [-0.1, -0.05) is 37.6 Å². The molecule has 0 amide bonds. The molecule has 132 valence electrons. The molecule has 2 heterocycles. The first kappa shape index (κ1) is 17.5. The van der Waals surface area contributed by atoms with Gasteiger partial charge in [0.25, 0.3) is 5.56 Å². The number of rotatable bonds is 4. The number of aromatic amines is 1. The van der Waals surface area contributed by atoms with E-state index in [0.717, 1.165) is 50.3 Å². The van der Waals surface area contributed by atoms with Gasteiger partial charge >= 0.3 is 0 Å². The Morgan fingerprint density at radius 1 is 1.19 bits per heavy atom. The van der Waals surface area contributed by atoms with Gasteiger partial charge in [-0.2, -0.15) is 0 Å². The van der Waals surface area contributed by atoms with E-state index in [-0.39, 0.29) is 12.2 Å². The molecule has 26 heavy (non-hydrogen) atoms. The molecule has 0 aliphatic rings. The number of aromatic nitrogens is 1. The predicted octanol–water partition coefficient (Wildman–Crippen LogP) is 5.62. The third-order valence-corrected chi connectivity index (χ3v) is 6.23. The normalized spacial score (nSPS) is 11.5. The number of thiophene rings is 1. The van der Waals surface area contributed by atoms with E-state index in [2.05, 4.69) is 52.1 Å². The molecule has 0 aliphatic carbocycles. The van der Waals surface area contributed by atoms with E-state index in [9.17, 15) is 9.90 Å². The van der Waals surface area contributed by atoms with Crippen LogP contribution in [0.25, 0.3) is 32.1 Å². The molecule has 2 aromatic heterocycles. The highest BCUT2D eigenvalue weighted by molar-refractivity contribution is 9.10. The van der Waals surface area contributed by atoms with Crippen molar-refractivity contribution in [3.8, 4) is 11.1 Å². The molecule has 4 rings (SSSR count). The molecule has 0 spiro atoms. The number of benzene rings is 2. The highest BCUT2D eigenvalue weighted by Crippen LogP contribution is 2.39. The van der Waals surface area contributed by atoms with E-state index in [1.165, 1.54) is 16.9 Å². The number of hydrogen-bond acceptors (Lipinski definition) is 3. The van der Waals surface area contributed by atoms with Crippen molar-refractivity contribution in [2.75, 3.05) is 0 Å². The molecule has 3 nitrogen and oxygen atoms in total. The standard InChI is InChI=1S/C21H18BrNO2S/c1-2-3-12-4-6-13(7-5-12)17-14(11-24)10-16(22)19-18(17)15-8-9-26-20(15)21(25)23-19/h4-10,24H,2-3,11H2,1H3,(H,23,25). The lowest BCUT2D eigenvalue weighted by molar-refractivity contribution is 0.282. The fourth-order valence-electron chi connectivity index (χ4n) is 3.53. The smallest absolute Gasteiger partial charge is 0.266 e. The number of nitrogens with one attached hydrogen (secondary N) is 1. The van der Waals surface area contributed by atoms with Crippen molar-refractivity contribution < 1.29 is 5.11 Å². The van der Waals surface area contributed by atoms with Gasteiger partial charge < -0.3 is 10.1 Å². The van der Waals surface area contributed by atoms with Crippen LogP contribution in [0.4, 0.5) is 0 Å². The van der Waals surface area contributed by atoms with Gasteiger partial charge in [0.1, 0.15) is 4.70 Å². The number of aliphatic hydroxyl groups is 1. The summed E-state index contributed by atoms with van der Waals surface area (Å²) in [6.07, 6.45) is 2.16. The van der Waals surface area contributed by atoms with Crippen LogP contribution in [0.1, 0.15) is 24.5 Å². The Balaban J connectivity index is 2.11. The topological polar surface area (TPSA) is 53.1 Å². The van der Waals surface area contributed by atoms with Gasteiger partial charge in [-0.3, -0.25) is 4.79 Å². The average Bonchev–Trinajstić information content (AvgIpc) is 3.14. The molecule has 4 aromatic rings. The maximum atomic E-state index is 12.4. The molecular formula is C21H18BrNO2S. The molecule has 5 heteroatoms. The Hall–Kier alpha value is -1.95. The second kappa shape index (κ2) is 6.99. The van der Waals surface area contributed by atoms with Crippen LogP contribution in [-0.4, -0.2) is 10.1 Å². The van der Waals surface area contributed by atoms with Gasteiger partial charge in [-0.15, -0.1) is 11.3 Å². The third kappa shape index (κ3) is 2.80. The summed E-state index contributed by atoms with van der Waals surface area (Å²) < 4.78 is 1.50. The molecule has 0 saturated carbocycles. The number of fused-ring (bicyclic) bond motifs is 3. The lowest BCUT2D eigenvalue weighted by Gasteiger charge is -2.15. The van der Waals surface area contributed by atoms with Gasteiger partial charge in [-0.05, 0) is 62.1 Å². The van der Waals surface area contributed by atoms with Crippen molar-refractivity contribution in [1.29, 1.82) is 0 Å². The van der Waals surface area contributed by atoms with Crippen molar-refractivity contribution >= 4 is 48.3 Å². The minimum Gasteiger partial charge on any atom is -0.392 e. The molecule has 2 N–H and O–H groups in total. The zero-order valence-electron chi connectivity index (χ0n) is 14.3. The summed E-state index contributed by atoms with van der Waals surface area (Å²) in [6, 6.07) is 12.4. The third-order valence-electron chi connectivity index (χ3n) is 4.69. The Kier molecular flexibility index (Phi) is 4.69. The molecule has 2 aromatic carbocycles. The largest absolute Gasteiger partial charge is 0.392 e. The van der Waals surface area contributed by atoms with E-state index in [1.54, 1.807) is 0 Å². The fourth-order valence-corrected chi connectivity index (χ4v) is 4.90. The first-order chi connectivity index (χ1) is 12.6. The fraction of sp³-hybridized carbons (Fsp3) is 0.190. The first-order valence-electron chi connectivity index (χ1n) is 8.58. The maximum absolute atomic E-state index is 12.4.